The van der Waals surface area contributed by atoms with E-state index in [9.17, 15) is 31.2 Å². The SMILES string of the molecule is CCNC(=O)[C@H](C)N(Cc1ccc(OC)cc1)C(=O)CN(c1ccc(Cl)c(C(F)(F)F)c1)S(C)(=O)=O. The van der Waals surface area contributed by atoms with Gasteiger partial charge in [-0.2, -0.15) is 13.2 Å². The van der Waals surface area contributed by atoms with Gasteiger partial charge < -0.3 is 15.0 Å². The maximum Gasteiger partial charge on any atom is 0.417 e. The Bertz CT molecular complexity index is 1190. The monoisotopic (exact) mass is 549 g/mol. The number of ether oxygens (including phenoxy) is 1. The van der Waals surface area contributed by atoms with Gasteiger partial charge in [0.2, 0.25) is 21.8 Å². The minimum atomic E-state index is -4.84. The van der Waals surface area contributed by atoms with Crippen molar-refractivity contribution >= 4 is 39.1 Å². The van der Waals surface area contributed by atoms with Crippen LogP contribution in [0.4, 0.5) is 18.9 Å². The lowest BCUT2D eigenvalue weighted by Gasteiger charge is -2.31. The minimum absolute atomic E-state index is 0.0624. The van der Waals surface area contributed by atoms with Crippen LogP contribution in [0.2, 0.25) is 5.02 Å². The van der Waals surface area contributed by atoms with E-state index in [4.69, 9.17) is 16.3 Å². The number of alkyl halides is 3. The smallest absolute Gasteiger partial charge is 0.417 e. The number of methoxy groups -OCH3 is 1. The van der Waals surface area contributed by atoms with Gasteiger partial charge in [-0.05, 0) is 49.7 Å². The third-order valence-electron chi connectivity index (χ3n) is 5.25. The van der Waals surface area contributed by atoms with Crippen LogP contribution in [-0.2, 0) is 32.3 Å². The standard InChI is InChI=1S/C23H27ClF3N3O5S/c1-5-28-22(32)15(2)29(13-16-6-9-18(35-3)10-7-16)21(31)14-30(36(4,33)34)17-8-11-20(24)19(12-17)23(25,26)27/h6-12,15H,5,13-14H2,1-4H3,(H,28,32)/t15-/m0/s1. The minimum Gasteiger partial charge on any atom is -0.497 e. The predicted octanol–water partition coefficient (Wildman–Crippen LogP) is 3.69. The van der Waals surface area contributed by atoms with Crippen molar-refractivity contribution in [3.05, 3.63) is 58.6 Å². The first-order valence-electron chi connectivity index (χ1n) is 10.7. The first-order valence-corrected chi connectivity index (χ1v) is 13.0. The second-order valence-corrected chi connectivity index (χ2v) is 10.2. The molecule has 13 heteroatoms. The van der Waals surface area contributed by atoms with E-state index in [2.05, 4.69) is 5.32 Å². The Kier molecular flexibility index (Phi) is 9.61. The molecule has 0 radical (unpaired) electrons. The summed E-state index contributed by atoms with van der Waals surface area (Å²) in [5.74, 6) is -0.700. The Hall–Kier alpha value is -2.99. The summed E-state index contributed by atoms with van der Waals surface area (Å²) in [6.07, 6.45) is -4.07. The molecule has 0 aromatic heterocycles. The van der Waals surface area contributed by atoms with Gasteiger partial charge in [0.05, 0.1) is 29.6 Å². The van der Waals surface area contributed by atoms with Gasteiger partial charge in [0.1, 0.15) is 18.3 Å². The zero-order chi connectivity index (χ0) is 27.3. The van der Waals surface area contributed by atoms with Gasteiger partial charge in [0.15, 0.2) is 0 Å². The van der Waals surface area contributed by atoms with Crippen LogP contribution >= 0.6 is 11.6 Å². The molecule has 0 spiro atoms. The zero-order valence-electron chi connectivity index (χ0n) is 20.1. The van der Waals surface area contributed by atoms with Crippen LogP contribution < -0.4 is 14.4 Å². The Labute approximate surface area is 213 Å². The summed E-state index contributed by atoms with van der Waals surface area (Å²) < 4.78 is 70.8. The van der Waals surface area contributed by atoms with Crippen LogP contribution in [0.15, 0.2) is 42.5 Å². The molecular weight excluding hydrogens is 523 g/mol. The predicted molar refractivity (Wildman–Crippen MR) is 130 cm³/mol. The maximum absolute atomic E-state index is 13.4. The van der Waals surface area contributed by atoms with Crippen LogP contribution in [0.1, 0.15) is 25.0 Å². The average Bonchev–Trinajstić information content (AvgIpc) is 2.80. The lowest BCUT2D eigenvalue weighted by molar-refractivity contribution is -0.139. The quantitative estimate of drug-likeness (QED) is 0.488. The first-order chi connectivity index (χ1) is 16.7. The normalized spacial score (nSPS) is 12.6. The number of sulfonamides is 1. The molecule has 1 atom stereocenters. The number of rotatable bonds is 10. The number of halogens is 4. The van der Waals surface area contributed by atoms with E-state index >= 15 is 0 Å². The Morgan fingerprint density at radius 3 is 2.25 bits per heavy atom. The number of carbonyl (C=O) groups excluding carboxylic acids is 2. The third kappa shape index (κ3) is 7.50. The summed E-state index contributed by atoms with van der Waals surface area (Å²) in [6, 6.07) is 8.21. The molecule has 1 N–H and O–H groups in total. The summed E-state index contributed by atoms with van der Waals surface area (Å²) in [5.41, 5.74) is -1.01. The van der Waals surface area contributed by atoms with Crippen molar-refractivity contribution in [3.63, 3.8) is 0 Å². The van der Waals surface area contributed by atoms with Crippen molar-refractivity contribution in [1.29, 1.82) is 0 Å². The van der Waals surface area contributed by atoms with Crippen molar-refractivity contribution in [2.24, 2.45) is 0 Å². The van der Waals surface area contributed by atoms with Gasteiger partial charge in [-0.3, -0.25) is 13.9 Å². The molecule has 2 aromatic rings. The second-order valence-electron chi connectivity index (χ2n) is 7.87. The fourth-order valence-electron chi connectivity index (χ4n) is 3.33. The fourth-order valence-corrected chi connectivity index (χ4v) is 4.40. The van der Waals surface area contributed by atoms with Crippen molar-refractivity contribution in [1.82, 2.24) is 10.2 Å². The average molecular weight is 550 g/mol. The molecule has 0 unspecified atom stereocenters. The first kappa shape index (κ1) is 29.2. The number of amides is 2. The summed E-state index contributed by atoms with van der Waals surface area (Å²) in [7, 11) is -2.71. The van der Waals surface area contributed by atoms with Crippen LogP contribution in [0, 0.1) is 0 Å². The number of nitrogens with one attached hydrogen (secondary N) is 1. The highest BCUT2D eigenvalue weighted by Crippen LogP contribution is 2.37. The number of likely N-dealkylation sites (N-methyl/N-ethyl adjacent to an activating group) is 1. The van der Waals surface area contributed by atoms with Crippen molar-refractivity contribution in [2.75, 3.05) is 30.8 Å². The highest BCUT2D eigenvalue weighted by Gasteiger charge is 2.35. The van der Waals surface area contributed by atoms with Crippen LogP contribution in [0.5, 0.6) is 5.75 Å². The number of hydrogen-bond donors (Lipinski definition) is 1. The molecule has 0 fully saturated rings. The molecule has 2 rings (SSSR count). The number of anilines is 1. The lowest BCUT2D eigenvalue weighted by Crippen LogP contribution is -2.51. The third-order valence-corrected chi connectivity index (χ3v) is 6.72. The number of benzene rings is 2. The zero-order valence-corrected chi connectivity index (χ0v) is 21.7. The summed E-state index contributed by atoms with van der Waals surface area (Å²) in [5, 5.41) is 1.99. The summed E-state index contributed by atoms with van der Waals surface area (Å²) in [4.78, 5) is 27.1. The summed E-state index contributed by atoms with van der Waals surface area (Å²) in [6.45, 7) is 2.57. The molecule has 198 valence electrons. The van der Waals surface area contributed by atoms with E-state index in [0.29, 0.717) is 28.2 Å². The molecule has 2 aromatic carbocycles. The van der Waals surface area contributed by atoms with Crippen molar-refractivity contribution < 1.29 is 35.9 Å². The number of hydrogen-bond acceptors (Lipinski definition) is 5. The number of carbonyl (C=O) groups is 2. The molecular formula is C23H27ClF3N3O5S. The van der Waals surface area contributed by atoms with Gasteiger partial charge >= 0.3 is 6.18 Å². The lowest BCUT2D eigenvalue weighted by atomic mass is 10.1. The van der Waals surface area contributed by atoms with Crippen LogP contribution in [0.3, 0.4) is 0 Å². The Morgan fingerprint density at radius 1 is 1.14 bits per heavy atom. The van der Waals surface area contributed by atoms with Crippen molar-refractivity contribution in [3.8, 4) is 5.75 Å². The van der Waals surface area contributed by atoms with E-state index < -0.39 is 56.9 Å². The van der Waals surface area contributed by atoms with Gasteiger partial charge in [-0.1, -0.05) is 23.7 Å². The molecule has 0 heterocycles. The van der Waals surface area contributed by atoms with E-state index in [1.54, 1.807) is 31.2 Å². The van der Waals surface area contributed by atoms with E-state index in [1.165, 1.54) is 14.0 Å². The highest BCUT2D eigenvalue weighted by atomic mass is 35.5. The van der Waals surface area contributed by atoms with Crippen molar-refractivity contribution in [2.45, 2.75) is 32.6 Å². The van der Waals surface area contributed by atoms with E-state index in [1.807, 2.05) is 0 Å². The molecule has 0 aliphatic rings. The summed E-state index contributed by atoms with van der Waals surface area (Å²) >= 11 is 5.66. The molecule has 0 saturated carbocycles. The second kappa shape index (κ2) is 11.8. The van der Waals surface area contributed by atoms with E-state index in [-0.39, 0.29) is 6.54 Å². The Morgan fingerprint density at radius 2 is 1.75 bits per heavy atom. The van der Waals surface area contributed by atoms with Gasteiger partial charge in [0.25, 0.3) is 0 Å². The molecule has 0 bridgehead atoms. The maximum atomic E-state index is 13.4. The molecule has 0 saturated heterocycles. The molecule has 2 amide bonds. The molecule has 36 heavy (non-hydrogen) atoms. The topological polar surface area (TPSA) is 96.0 Å². The molecule has 0 aliphatic heterocycles. The Balaban J connectivity index is 2.46. The highest BCUT2D eigenvalue weighted by molar-refractivity contribution is 7.92. The van der Waals surface area contributed by atoms with E-state index in [0.717, 1.165) is 23.3 Å². The van der Waals surface area contributed by atoms with Crippen LogP contribution in [-0.4, -0.2) is 57.6 Å². The largest absolute Gasteiger partial charge is 0.497 e. The van der Waals surface area contributed by atoms with Crippen LogP contribution in [0.25, 0.3) is 0 Å². The molecule has 8 nitrogen and oxygen atoms in total. The van der Waals surface area contributed by atoms with Gasteiger partial charge in [-0.25, -0.2) is 8.42 Å². The van der Waals surface area contributed by atoms with Gasteiger partial charge in [-0.15, -0.1) is 0 Å². The van der Waals surface area contributed by atoms with Gasteiger partial charge in [0, 0.05) is 13.1 Å². The molecule has 0 aliphatic carbocycles. The number of nitrogens with zero attached hydrogens (tertiary/aromatic N) is 2. The fraction of sp³-hybridized carbons (Fsp3) is 0.391.